The molecule has 0 spiro atoms. The molecule has 1 saturated heterocycles. The second-order valence-electron chi connectivity index (χ2n) is 8.19. The third-order valence-corrected chi connectivity index (χ3v) is 5.97. The molecule has 4 rings (SSSR count). The molecule has 1 heterocycles. The van der Waals surface area contributed by atoms with Crippen LogP contribution < -0.4 is 0 Å². The highest BCUT2D eigenvalue weighted by atomic mass is 16.7. The average Bonchev–Trinajstić information content (AvgIpc) is 3.19. The molecule has 2 fully saturated rings. The first kappa shape index (κ1) is 20.8. The topological polar surface area (TPSA) is 61.8 Å². The zero-order valence-corrected chi connectivity index (χ0v) is 17.3. The van der Waals surface area contributed by atoms with Gasteiger partial charge < -0.3 is 14.2 Å². The van der Waals surface area contributed by atoms with Crippen LogP contribution in [0.25, 0.3) is 0 Å². The predicted molar refractivity (Wildman–Crippen MR) is 112 cm³/mol. The highest BCUT2D eigenvalue weighted by Gasteiger charge is 2.28. The van der Waals surface area contributed by atoms with Gasteiger partial charge in [0.2, 0.25) is 0 Å². The molecule has 5 heteroatoms. The summed E-state index contributed by atoms with van der Waals surface area (Å²) in [5.74, 6) is -0.130. The number of hydrogen-bond acceptors (Lipinski definition) is 5. The van der Waals surface area contributed by atoms with Gasteiger partial charge in [0.05, 0.1) is 19.1 Å². The van der Waals surface area contributed by atoms with Crippen molar-refractivity contribution in [2.45, 2.75) is 50.9 Å². The molecule has 158 valence electrons. The summed E-state index contributed by atoms with van der Waals surface area (Å²) in [6.45, 7) is 2.47. The summed E-state index contributed by atoms with van der Waals surface area (Å²) in [4.78, 5) is 24.4. The summed E-state index contributed by atoms with van der Waals surface area (Å²) in [5, 5.41) is 0. The Kier molecular flexibility index (Phi) is 6.60. The minimum atomic E-state index is -0.419. The molecule has 0 amide bonds. The Hall–Kier alpha value is -2.50. The maximum atomic E-state index is 12.6. The second kappa shape index (κ2) is 9.54. The molecule has 0 radical (unpaired) electrons. The van der Waals surface area contributed by atoms with Gasteiger partial charge in [-0.25, -0.2) is 0 Å². The van der Waals surface area contributed by atoms with E-state index in [1.54, 1.807) is 0 Å². The van der Waals surface area contributed by atoms with Gasteiger partial charge in [-0.15, -0.1) is 0 Å². The monoisotopic (exact) mass is 408 g/mol. The molecular formula is C25H28O5. The fraction of sp³-hybridized carbons (Fsp3) is 0.440. The lowest BCUT2D eigenvalue weighted by molar-refractivity contribution is -0.230. The van der Waals surface area contributed by atoms with Crippen molar-refractivity contribution in [3.63, 3.8) is 0 Å². The zero-order chi connectivity index (χ0) is 20.9. The van der Waals surface area contributed by atoms with Gasteiger partial charge in [0.15, 0.2) is 6.29 Å². The van der Waals surface area contributed by atoms with Crippen LogP contribution in [0.3, 0.4) is 0 Å². The summed E-state index contributed by atoms with van der Waals surface area (Å²) in [6, 6.07) is 17.7. The van der Waals surface area contributed by atoms with Crippen LogP contribution in [0.5, 0.6) is 0 Å². The first-order valence-electron chi connectivity index (χ1n) is 10.7. The third-order valence-electron chi connectivity index (χ3n) is 5.97. The van der Waals surface area contributed by atoms with Gasteiger partial charge >= 0.3 is 5.97 Å². The van der Waals surface area contributed by atoms with Crippen LogP contribution in [0.4, 0.5) is 0 Å². The molecule has 1 aliphatic heterocycles. The van der Waals surface area contributed by atoms with E-state index in [0.29, 0.717) is 25.4 Å². The van der Waals surface area contributed by atoms with Gasteiger partial charge in [-0.3, -0.25) is 9.59 Å². The summed E-state index contributed by atoms with van der Waals surface area (Å²) in [7, 11) is 0. The van der Waals surface area contributed by atoms with Crippen LogP contribution in [0.1, 0.15) is 55.1 Å². The number of esters is 1. The van der Waals surface area contributed by atoms with E-state index in [4.69, 9.17) is 14.2 Å². The standard InChI is InChI=1S/C25H28O5/c1-17(19-12-10-18(11-13-19)14-21-8-5-9-23(21)26)24(27)30-22-15-28-25(29-16-22)20-6-3-2-4-7-20/h2-4,6-7,10-13,17,21-22,25H,5,8-9,14-16H2,1H3. The second-order valence-corrected chi connectivity index (χ2v) is 8.19. The minimum Gasteiger partial charge on any atom is -0.457 e. The molecule has 0 bridgehead atoms. The largest absolute Gasteiger partial charge is 0.457 e. The average molecular weight is 408 g/mol. The molecule has 2 aromatic carbocycles. The Morgan fingerprint density at radius 1 is 1.07 bits per heavy atom. The molecule has 0 aromatic heterocycles. The predicted octanol–water partition coefficient (Wildman–Crippen LogP) is 4.36. The molecule has 2 aromatic rings. The summed E-state index contributed by atoms with van der Waals surface area (Å²) >= 11 is 0. The lowest BCUT2D eigenvalue weighted by Gasteiger charge is -2.30. The van der Waals surface area contributed by atoms with E-state index in [1.165, 1.54) is 0 Å². The Morgan fingerprint density at radius 2 is 1.77 bits per heavy atom. The van der Waals surface area contributed by atoms with Crippen LogP contribution in [0.15, 0.2) is 54.6 Å². The van der Waals surface area contributed by atoms with Crippen molar-refractivity contribution in [1.29, 1.82) is 0 Å². The van der Waals surface area contributed by atoms with Crippen LogP contribution in [0, 0.1) is 5.92 Å². The highest BCUT2D eigenvalue weighted by molar-refractivity contribution is 5.83. The molecule has 2 unspecified atom stereocenters. The normalized spacial score (nSPS) is 25.1. The van der Waals surface area contributed by atoms with E-state index < -0.39 is 12.4 Å². The van der Waals surface area contributed by atoms with Crippen molar-refractivity contribution in [1.82, 2.24) is 0 Å². The zero-order valence-electron chi connectivity index (χ0n) is 17.3. The molecule has 2 atom stereocenters. The van der Waals surface area contributed by atoms with E-state index in [1.807, 2.05) is 61.5 Å². The number of Topliss-reactive ketones (excluding diaryl/α,β-unsaturated/α-hetero) is 1. The van der Waals surface area contributed by atoms with Gasteiger partial charge in [-0.2, -0.15) is 0 Å². The fourth-order valence-corrected chi connectivity index (χ4v) is 4.09. The first-order chi connectivity index (χ1) is 14.6. The lowest BCUT2D eigenvalue weighted by Crippen LogP contribution is -2.36. The number of ketones is 1. The van der Waals surface area contributed by atoms with Crippen molar-refractivity contribution in [2.75, 3.05) is 13.2 Å². The van der Waals surface area contributed by atoms with Gasteiger partial charge in [0.25, 0.3) is 0 Å². The molecule has 1 saturated carbocycles. The summed E-state index contributed by atoms with van der Waals surface area (Å²) < 4.78 is 17.1. The van der Waals surface area contributed by atoms with E-state index in [-0.39, 0.29) is 17.8 Å². The molecule has 30 heavy (non-hydrogen) atoms. The van der Waals surface area contributed by atoms with Gasteiger partial charge in [0, 0.05) is 17.9 Å². The Bertz CT molecular complexity index is 853. The number of carbonyl (C=O) groups is 2. The van der Waals surface area contributed by atoms with Gasteiger partial charge in [0.1, 0.15) is 11.9 Å². The number of hydrogen-bond donors (Lipinski definition) is 0. The number of carbonyl (C=O) groups excluding carboxylic acids is 2. The van der Waals surface area contributed by atoms with Gasteiger partial charge in [-0.1, -0.05) is 54.6 Å². The van der Waals surface area contributed by atoms with Crippen molar-refractivity contribution in [3.8, 4) is 0 Å². The van der Waals surface area contributed by atoms with Crippen molar-refractivity contribution < 1.29 is 23.8 Å². The quantitative estimate of drug-likeness (QED) is 0.665. The van der Waals surface area contributed by atoms with Crippen LogP contribution in [-0.2, 0) is 30.2 Å². The number of rotatable bonds is 6. The first-order valence-corrected chi connectivity index (χ1v) is 10.7. The Morgan fingerprint density at radius 3 is 2.40 bits per heavy atom. The lowest BCUT2D eigenvalue weighted by atomic mass is 9.94. The van der Waals surface area contributed by atoms with E-state index in [9.17, 15) is 9.59 Å². The maximum absolute atomic E-state index is 12.6. The summed E-state index contributed by atoms with van der Waals surface area (Å²) in [5.41, 5.74) is 3.00. The minimum absolute atomic E-state index is 0.157. The van der Waals surface area contributed by atoms with E-state index in [0.717, 1.165) is 36.0 Å². The smallest absolute Gasteiger partial charge is 0.313 e. The van der Waals surface area contributed by atoms with Crippen LogP contribution in [0.2, 0.25) is 0 Å². The number of benzene rings is 2. The molecular weight excluding hydrogens is 380 g/mol. The molecule has 0 N–H and O–H groups in total. The maximum Gasteiger partial charge on any atom is 0.313 e. The van der Waals surface area contributed by atoms with Gasteiger partial charge in [-0.05, 0) is 37.3 Å². The third kappa shape index (κ3) is 4.97. The van der Waals surface area contributed by atoms with Crippen molar-refractivity contribution in [3.05, 3.63) is 71.3 Å². The van der Waals surface area contributed by atoms with Crippen LogP contribution >= 0.6 is 0 Å². The molecule has 5 nitrogen and oxygen atoms in total. The Labute approximate surface area is 177 Å². The van der Waals surface area contributed by atoms with Crippen molar-refractivity contribution >= 4 is 11.8 Å². The molecule has 1 aliphatic carbocycles. The van der Waals surface area contributed by atoms with Crippen molar-refractivity contribution in [2.24, 2.45) is 5.92 Å². The Balaban J connectivity index is 1.27. The highest BCUT2D eigenvalue weighted by Crippen LogP contribution is 2.27. The number of ether oxygens (including phenoxy) is 3. The fourth-order valence-electron chi connectivity index (χ4n) is 4.09. The van der Waals surface area contributed by atoms with E-state index >= 15 is 0 Å². The van der Waals surface area contributed by atoms with Crippen LogP contribution in [-0.4, -0.2) is 31.1 Å². The van der Waals surface area contributed by atoms with E-state index in [2.05, 4.69) is 0 Å². The SMILES string of the molecule is CC(C(=O)OC1COC(c2ccccc2)OC1)c1ccc(CC2CCCC2=O)cc1. The molecule has 2 aliphatic rings. The summed E-state index contributed by atoms with van der Waals surface area (Å²) in [6.07, 6.45) is 2.67.